The van der Waals surface area contributed by atoms with E-state index in [0.29, 0.717) is 5.75 Å². The van der Waals surface area contributed by atoms with Crippen molar-refractivity contribution in [2.45, 2.75) is 4.90 Å². The van der Waals surface area contributed by atoms with Gasteiger partial charge < -0.3 is 9.47 Å². The molecule has 0 fully saturated rings. The summed E-state index contributed by atoms with van der Waals surface area (Å²) in [5.41, 5.74) is 0. The molecule has 0 saturated carbocycles. The molecule has 0 spiro atoms. The first kappa shape index (κ1) is 9.19. The minimum Gasteiger partial charge on any atom is -0.494 e. The Labute approximate surface area is 76.1 Å². The fourth-order valence-corrected chi connectivity index (χ4v) is 1.50. The molecule has 1 aromatic heterocycles. The second kappa shape index (κ2) is 4.21. The van der Waals surface area contributed by atoms with Crippen LogP contribution in [0.5, 0.6) is 11.5 Å². The van der Waals surface area contributed by atoms with Gasteiger partial charge in [-0.2, -0.15) is 0 Å². The highest BCUT2D eigenvalue weighted by Gasteiger charge is 2.08. The lowest BCUT2D eigenvalue weighted by atomic mass is 10.4. The maximum Gasteiger partial charge on any atom is 0.164 e. The maximum atomic E-state index is 5.10. The third-order valence-corrected chi connectivity index (χ3v) is 2.20. The van der Waals surface area contributed by atoms with Crippen molar-refractivity contribution in [2.75, 3.05) is 20.5 Å². The van der Waals surface area contributed by atoms with Crippen molar-refractivity contribution in [1.29, 1.82) is 0 Å². The molecule has 1 heterocycles. The van der Waals surface area contributed by atoms with Crippen LogP contribution in [-0.2, 0) is 0 Å². The molecule has 12 heavy (non-hydrogen) atoms. The van der Waals surface area contributed by atoms with Crippen LogP contribution in [-0.4, -0.2) is 25.5 Å². The topological polar surface area (TPSA) is 31.4 Å². The summed E-state index contributed by atoms with van der Waals surface area (Å²) in [4.78, 5) is 4.77. The summed E-state index contributed by atoms with van der Waals surface area (Å²) in [6.07, 6.45) is 6.31. The van der Waals surface area contributed by atoms with Crippen molar-refractivity contribution in [2.24, 2.45) is 0 Å². The number of methoxy groups -OCH3 is 2. The molecule has 3 nitrogen and oxygen atoms in total. The van der Waals surface area contributed by atoms with E-state index in [1.54, 1.807) is 32.2 Å². The molecule has 1 rings (SSSR count). The van der Waals surface area contributed by atoms with Gasteiger partial charge in [0.25, 0.3) is 0 Å². The van der Waals surface area contributed by atoms with Gasteiger partial charge >= 0.3 is 0 Å². The van der Waals surface area contributed by atoms with E-state index in [4.69, 9.17) is 9.47 Å². The van der Waals surface area contributed by atoms with E-state index in [-0.39, 0.29) is 0 Å². The Morgan fingerprint density at radius 2 is 2.17 bits per heavy atom. The Morgan fingerprint density at radius 3 is 2.67 bits per heavy atom. The minimum atomic E-state index is 0.627. The van der Waals surface area contributed by atoms with Crippen molar-refractivity contribution in [1.82, 2.24) is 4.98 Å². The summed E-state index contributed by atoms with van der Waals surface area (Å²) in [7, 11) is 3.20. The highest BCUT2D eigenvalue weighted by molar-refractivity contribution is 7.98. The first-order valence-electron chi connectivity index (χ1n) is 3.36. The average molecular weight is 184 g/mol. The molecular weight excluding hydrogens is 174 g/mol. The molecule has 1 aromatic rings. The molecule has 0 amide bonds. The zero-order chi connectivity index (χ0) is 8.97. The lowest BCUT2D eigenvalue weighted by Gasteiger charge is -2.08. The van der Waals surface area contributed by atoms with E-state index < -0.39 is 0 Å². The van der Waals surface area contributed by atoms with Gasteiger partial charge in [-0.25, -0.2) is 4.98 Å². The predicted molar refractivity (Wildman–Crippen MR) is 48.0 cm³/mol. The number of rotatable bonds is 3. The lowest BCUT2D eigenvalue weighted by molar-refractivity contribution is 0.372. The number of hydrogen-bond acceptors (Lipinski definition) is 4. The molecule has 0 saturated heterocycles. The van der Waals surface area contributed by atoms with Gasteiger partial charge in [0.15, 0.2) is 11.5 Å². The van der Waals surface area contributed by atoms with Crippen molar-refractivity contribution < 1.29 is 9.47 Å². The first-order chi connectivity index (χ1) is 5.83. The van der Waals surface area contributed by atoms with Crippen LogP contribution >= 0.6 is 11.8 Å². The van der Waals surface area contributed by atoms with Gasteiger partial charge in [0.2, 0.25) is 0 Å². The van der Waals surface area contributed by atoms with E-state index in [0.717, 1.165) is 10.6 Å². The van der Waals surface area contributed by atoms with Gasteiger partial charge in [-0.15, -0.1) is 11.8 Å². The van der Waals surface area contributed by atoms with Crippen LogP contribution in [0.25, 0.3) is 0 Å². The SMILES string of the molecule is COc1[c]ncc(OC)c1SC. The van der Waals surface area contributed by atoms with Gasteiger partial charge in [0.05, 0.1) is 25.3 Å². The van der Waals surface area contributed by atoms with E-state index in [1.165, 1.54) is 0 Å². The zero-order valence-electron chi connectivity index (χ0n) is 7.25. The number of pyridine rings is 1. The van der Waals surface area contributed by atoms with Crippen LogP contribution in [0.4, 0.5) is 0 Å². The van der Waals surface area contributed by atoms with Crippen LogP contribution in [0.15, 0.2) is 11.1 Å². The molecule has 0 atom stereocenters. The van der Waals surface area contributed by atoms with Gasteiger partial charge in [-0.3, -0.25) is 0 Å². The van der Waals surface area contributed by atoms with Crippen LogP contribution in [0.2, 0.25) is 0 Å². The molecule has 0 bridgehead atoms. The molecule has 0 aliphatic rings. The molecule has 0 aliphatic heterocycles. The van der Waals surface area contributed by atoms with Crippen molar-refractivity contribution in [3.63, 3.8) is 0 Å². The van der Waals surface area contributed by atoms with Crippen LogP contribution < -0.4 is 9.47 Å². The number of ether oxygens (including phenoxy) is 2. The highest BCUT2D eigenvalue weighted by atomic mass is 32.2. The van der Waals surface area contributed by atoms with Crippen LogP contribution in [0.1, 0.15) is 0 Å². The molecule has 65 valence electrons. The van der Waals surface area contributed by atoms with Crippen LogP contribution in [0, 0.1) is 6.20 Å². The number of nitrogens with zero attached hydrogens (tertiary/aromatic N) is 1. The number of thioether (sulfide) groups is 1. The normalized spacial score (nSPS) is 9.58. The largest absolute Gasteiger partial charge is 0.494 e. The van der Waals surface area contributed by atoms with Crippen molar-refractivity contribution in [3.05, 3.63) is 12.4 Å². The van der Waals surface area contributed by atoms with E-state index in [1.807, 2.05) is 6.26 Å². The summed E-state index contributed by atoms with van der Waals surface area (Å²) in [6.45, 7) is 0. The Balaban J connectivity index is 3.13. The monoisotopic (exact) mass is 184 g/mol. The second-order valence-corrected chi connectivity index (χ2v) is 2.82. The van der Waals surface area contributed by atoms with Gasteiger partial charge in [0, 0.05) is 0 Å². The number of hydrogen-bond donors (Lipinski definition) is 0. The maximum absolute atomic E-state index is 5.10. The summed E-state index contributed by atoms with van der Waals surface area (Å²) < 4.78 is 10.2. The quantitative estimate of drug-likeness (QED) is 0.668. The molecular formula is C8H10NO2S. The Morgan fingerprint density at radius 1 is 1.42 bits per heavy atom. The van der Waals surface area contributed by atoms with Gasteiger partial charge in [-0.05, 0) is 6.26 Å². The molecule has 0 aromatic carbocycles. The molecule has 4 heteroatoms. The smallest absolute Gasteiger partial charge is 0.164 e. The molecule has 0 N–H and O–H groups in total. The summed E-state index contributed by atoms with van der Waals surface area (Å²) in [5, 5.41) is 0. The van der Waals surface area contributed by atoms with E-state index in [9.17, 15) is 0 Å². The average Bonchev–Trinajstić information content (AvgIpc) is 2.16. The zero-order valence-corrected chi connectivity index (χ0v) is 8.07. The van der Waals surface area contributed by atoms with E-state index >= 15 is 0 Å². The fourth-order valence-electron chi connectivity index (χ4n) is 0.848. The third kappa shape index (κ3) is 1.64. The van der Waals surface area contributed by atoms with Gasteiger partial charge in [0.1, 0.15) is 6.20 Å². The Kier molecular flexibility index (Phi) is 3.22. The second-order valence-electron chi connectivity index (χ2n) is 2.00. The highest BCUT2D eigenvalue weighted by Crippen LogP contribution is 2.34. The predicted octanol–water partition coefficient (Wildman–Crippen LogP) is 1.62. The third-order valence-electron chi connectivity index (χ3n) is 1.41. The fraction of sp³-hybridized carbons (Fsp3) is 0.375. The first-order valence-corrected chi connectivity index (χ1v) is 4.58. The molecule has 1 radical (unpaired) electrons. The van der Waals surface area contributed by atoms with E-state index in [2.05, 4.69) is 11.2 Å². The Hall–Kier alpha value is -0.900. The van der Waals surface area contributed by atoms with Gasteiger partial charge in [-0.1, -0.05) is 0 Å². The molecule has 0 unspecified atom stereocenters. The summed E-state index contributed by atoms with van der Waals surface area (Å²) >= 11 is 1.55. The lowest BCUT2D eigenvalue weighted by Crippen LogP contribution is -1.92. The standard InChI is InChI=1S/C8H10NO2S/c1-10-6-4-9-5-7(11-2)8(6)12-3/h4H,1-3H3. The summed E-state index contributed by atoms with van der Waals surface area (Å²) in [6, 6.07) is 0. The number of aromatic nitrogens is 1. The Bertz CT molecular complexity index is 243. The summed E-state index contributed by atoms with van der Waals surface area (Å²) in [5.74, 6) is 1.35. The van der Waals surface area contributed by atoms with Crippen molar-refractivity contribution in [3.8, 4) is 11.5 Å². The van der Waals surface area contributed by atoms with Crippen molar-refractivity contribution >= 4 is 11.8 Å². The minimum absolute atomic E-state index is 0.627. The van der Waals surface area contributed by atoms with Crippen LogP contribution in [0.3, 0.4) is 0 Å². The molecule has 0 aliphatic carbocycles.